The van der Waals surface area contributed by atoms with Gasteiger partial charge in [-0.2, -0.15) is 13.2 Å². The number of aryl methyl sites for hydroxylation is 1. The smallest absolute Gasteiger partial charge is 0.452 e. The number of nitrogens with one attached hydrogen (secondary N) is 1. The maximum Gasteiger partial charge on any atom is 0.452 e. The van der Waals surface area contributed by atoms with Crippen molar-refractivity contribution in [2.45, 2.75) is 31.3 Å². The van der Waals surface area contributed by atoms with Gasteiger partial charge in [0.15, 0.2) is 0 Å². The summed E-state index contributed by atoms with van der Waals surface area (Å²) >= 11 is 0. The zero-order chi connectivity index (χ0) is 23.5. The first-order chi connectivity index (χ1) is 15.0. The first-order valence-corrected chi connectivity index (χ1v) is 11.0. The second-order valence-electron chi connectivity index (χ2n) is 6.66. The van der Waals surface area contributed by atoms with Crippen molar-refractivity contribution < 1.29 is 35.6 Å². The van der Waals surface area contributed by atoms with Crippen LogP contribution in [0.1, 0.15) is 35.5 Å². The number of carbonyl (C=O) groups is 1. The van der Waals surface area contributed by atoms with E-state index in [1.54, 1.807) is 13.8 Å². The van der Waals surface area contributed by atoms with Crippen molar-refractivity contribution in [1.82, 2.24) is 5.16 Å². The third kappa shape index (κ3) is 5.10. The highest BCUT2D eigenvalue weighted by atomic mass is 32.2. The van der Waals surface area contributed by atoms with Crippen LogP contribution < -0.4 is 4.72 Å². The number of halogens is 3. The van der Waals surface area contributed by atoms with Gasteiger partial charge in [0.25, 0.3) is 10.0 Å². The van der Waals surface area contributed by atoms with Crippen LogP contribution in [0, 0.1) is 0 Å². The van der Waals surface area contributed by atoms with Gasteiger partial charge in [0.1, 0.15) is 5.69 Å². The molecule has 1 heterocycles. The van der Waals surface area contributed by atoms with E-state index < -0.39 is 27.9 Å². The molecule has 0 saturated carbocycles. The Labute approximate surface area is 182 Å². The van der Waals surface area contributed by atoms with Crippen molar-refractivity contribution in [2.75, 3.05) is 11.3 Å². The maximum atomic E-state index is 13.1. The van der Waals surface area contributed by atoms with Crippen molar-refractivity contribution in [1.29, 1.82) is 0 Å². The molecule has 0 amide bonds. The van der Waals surface area contributed by atoms with Crippen LogP contribution in [-0.4, -0.2) is 26.2 Å². The van der Waals surface area contributed by atoms with Gasteiger partial charge >= 0.3 is 12.1 Å². The van der Waals surface area contributed by atoms with Gasteiger partial charge in [0, 0.05) is 17.3 Å². The molecule has 7 nitrogen and oxygen atoms in total. The van der Waals surface area contributed by atoms with Gasteiger partial charge < -0.3 is 9.26 Å². The standard InChI is InChI=1S/C21H19F3N2O5S/c1-3-13-8-9-14(17-12-19(31-25-17)21(22,23)24)11-18(13)32(28,29)26-16-7-5-6-15(10-16)20(27)30-4-2/h5-12,26H,3-4H2,1-2H3. The average Bonchev–Trinajstić information content (AvgIpc) is 3.24. The summed E-state index contributed by atoms with van der Waals surface area (Å²) in [6, 6.07) is 10.7. The topological polar surface area (TPSA) is 98.5 Å². The molecule has 32 heavy (non-hydrogen) atoms. The molecule has 0 aliphatic carbocycles. The van der Waals surface area contributed by atoms with E-state index in [9.17, 15) is 26.4 Å². The first-order valence-electron chi connectivity index (χ1n) is 9.52. The van der Waals surface area contributed by atoms with Crippen LogP contribution in [-0.2, 0) is 27.4 Å². The molecular formula is C21H19F3N2O5S. The number of hydrogen-bond acceptors (Lipinski definition) is 6. The minimum atomic E-state index is -4.71. The van der Waals surface area contributed by atoms with E-state index in [2.05, 4.69) is 14.4 Å². The number of ether oxygens (including phenoxy) is 1. The summed E-state index contributed by atoms with van der Waals surface area (Å²) in [7, 11) is -4.15. The van der Waals surface area contributed by atoms with Gasteiger partial charge in [-0.15, -0.1) is 0 Å². The van der Waals surface area contributed by atoms with Crippen LogP contribution in [0.2, 0.25) is 0 Å². The van der Waals surface area contributed by atoms with Crippen LogP contribution in [0.25, 0.3) is 11.3 Å². The van der Waals surface area contributed by atoms with Gasteiger partial charge in [-0.1, -0.05) is 30.3 Å². The molecule has 0 saturated heterocycles. The molecule has 1 aromatic heterocycles. The van der Waals surface area contributed by atoms with E-state index in [0.717, 1.165) is 0 Å². The molecule has 2 aromatic carbocycles. The molecule has 0 unspecified atom stereocenters. The van der Waals surface area contributed by atoms with Gasteiger partial charge in [-0.25, -0.2) is 13.2 Å². The van der Waals surface area contributed by atoms with Crippen LogP contribution in [0.4, 0.5) is 18.9 Å². The first kappa shape index (κ1) is 23.3. The molecule has 170 valence electrons. The van der Waals surface area contributed by atoms with Gasteiger partial charge in [0.2, 0.25) is 5.76 Å². The third-order valence-corrected chi connectivity index (χ3v) is 5.91. The zero-order valence-electron chi connectivity index (χ0n) is 17.1. The summed E-state index contributed by atoms with van der Waals surface area (Å²) in [6.45, 7) is 3.56. The van der Waals surface area contributed by atoms with Gasteiger partial charge in [-0.3, -0.25) is 4.72 Å². The highest BCUT2D eigenvalue weighted by Crippen LogP contribution is 2.33. The molecule has 11 heteroatoms. The summed E-state index contributed by atoms with van der Waals surface area (Å²) in [6.07, 6.45) is -4.36. The van der Waals surface area contributed by atoms with Crippen molar-refractivity contribution in [3.8, 4) is 11.3 Å². The SMILES string of the molecule is CCOC(=O)c1cccc(NS(=O)(=O)c2cc(-c3cc(C(F)(F)F)on3)ccc2CC)c1. The summed E-state index contributed by atoms with van der Waals surface area (Å²) in [5.74, 6) is -1.89. The van der Waals surface area contributed by atoms with Crippen molar-refractivity contribution >= 4 is 21.7 Å². The summed E-state index contributed by atoms with van der Waals surface area (Å²) < 4.78 is 76.2. The Bertz CT molecular complexity index is 1240. The number of hydrogen-bond donors (Lipinski definition) is 1. The zero-order valence-corrected chi connectivity index (χ0v) is 17.9. The lowest BCUT2D eigenvalue weighted by atomic mass is 10.1. The Balaban J connectivity index is 1.97. The molecule has 0 atom stereocenters. The largest absolute Gasteiger partial charge is 0.462 e. The number of alkyl halides is 3. The number of aromatic nitrogens is 1. The van der Waals surface area contributed by atoms with E-state index >= 15 is 0 Å². The molecule has 1 N–H and O–H groups in total. The van der Waals surface area contributed by atoms with E-state index in [-0.39, 0.29) is 34.0 Å². The van der Waals surface area contributed by atoms with Crippen molar-refractivity contribution in [2.24, 2.45) is 0 Å². The van der Waals surface area contributed by atoms with Gasteiger partial charge in [-0.05, 0) is 43.2 Å². The van der Waals surface area contributed by atoms with E-state index in [1.807, 2.05) is 0 Å². The number of sulfonamides is 1. The molecule has 0 radical (unpaired) electrons. The fourth-order valence-corrected chi connectivity index (χ4v) is 4.32. The molecular weight excluding hydrogens is 449 g/mol. The Morgan fingerprint density at radius 2 is 1.88 bits per heavy atom. The van der Waals surface area contributed by atoms with Crippen LogP contribution in [0.5, 0.6) is 0 Å². The highest BCUT2D eigenvalue weighted by molar-refractivity contribution is 7.92. The predicted molar refractivity (Wildman–Crippen MR) is 110 cm³/mol. The maximum absolute atomic E-state index is 13.1. The van der Waals surface area contributed by atoms with E-state index in [0.29, 0.717) is 18.1 Å². The lowest BCUT2D eigenvalue weighted by molar-refractivity contribution is -0.155. The van der Waals surface area contributed by atoms with Crippen LogP contribution in [0.15, 0.2) is 57.9 Å². The highest BCUT2D eigenvalue weighted by Gasteiger charge is 2.36. The minimum absolute atomic E-state index is 0.129. The predicted octanol–water partition coefficient (Wildman–Crippen LogP) is 4.90. The lowest BCUT2D eigenvalue weighted by Gasteiger charge is -2.13. The summed E-state index contributed by atoms with van der Waals surface area (Å²) in [4.78, 5) is 11.8. The number of benzene rings is 2. The Morgan fingerprint density at radius 1 is 1.12 bits per heavy atom. The molecule has 0 bridgehead atoms. The molecule has 0 aliphatic heterocycles. The van der Waals surface area contributed by atoms with Crippen molar-refractivity contribution in [3.05, 3.63) is 65.4 Å². The number of esters is 1. The summed E-state index contributed by atoms with van der Waals surface area (Å²) in [5.41, 5.74) is 0.729. The quantitative estimate of drug-likeness (QED) is 0.495. The fourth-order valence-electron chi connectivity index (χ4n) is 2.94. The molecule has 0 spiro atoms. The second-order valence-corrected chi connectivity index (χ2v) is 8.31. The van der Waals surface area contributed by atoms with E-state index in [4.69, 9.17) is 4.74 Å². The fraction of sp³-hybridized carbons (Fsp3) is 0.238. The Morgan fingerprint density at radius 3 is 2.50 bits per heavy atom. The van der Waals surface area contributed by atoms with E-state index in [1.165, 1.54) is 42.5 Å². The minimum Gasteiger partial charge on any atom is -0.462 e. The van der Waals surface area contributed by atoms with Crippen LogP contribution in [0.3, 0.4) is 0 Å². The third-order valence-electron chi connectivity index (χ3n) is 4.45. The molecule has 3 rings (SSSR count). The number of anilines is 1. The normalized spacial score (nSPS) is 11.9. The number of rotatable bonds is 7. The van der Waals surface area contributed by atoms with Crippen molar-refractivity contribution in [3.63, 3.8) is 0 Å². The molecule has 3 aromatic rings. The molecule has 0 aliphatic rings. The molecule has 0 fully saturated rings. The number of nitrogens with zero attached hydrogens (tertiary/aromatic N) is 1. The average molecular weight is 468 g/mol. The Kier molecular flexibility index (Phi) is 6.58. The van der Waals surface area contributed by atoms with Crippen LogP contribution >= 0.6 is 0 Å². The number of carbonyl (C=O) groups excluding carboxylic acids is 1. The second kappa shape index (κ2) is 9.03. The van der Waals surface area contributed by atoms with Gasteiger partial charge in [0.05, 0.1) is 17.1 Å². The Hall–Kier alpha value is -3.34. The summed E-state index contributed by atoms with van der Waals surface area (Å²) in [5, 5.41) is 3.40. The monoisotopic (exact) mass is 468 g/mol. The lowest BCUT2D eigenvalue weighted by Crippen LogP contribution is -2.15.